The van der Waals surface area contributed by atoms with Crippen molar-refractivity contribution in [3.8, 4) is 6.07 Å². The zero-order valence-corrected chi connectivity index (χ0v) is 10.1. The van der Waals surface area contributed by atoms with Gasteiger partial charge in [0.05, 0.1) is 22.3 Å². The van der Waals surface area contributed by atoms with Crippen LogP contribution in [0.25, 0.3) is 0 Å². The van der Waals surface area contributed by atoms with Gasteiger partial charge >= 0.3 is 0 Å². The minimum atomic E-state index is -3.30. The Kier molecular flexibility index (Phi) is 2.88. The second-order valence-electron chi connectivity index (χ2n) is 4.87. The third-order valence-corrected chi connectivity index (χ3v) is 5.09. The van der Waals surface area contributed by atoms with Gasteiger partial charge in [-0.05, 0) is 33.1 Å². The first-order valence-electron chi connectivity index (χ1n) is 4.97. The van der Waals surface area contributed by atoms with Crippen molar-refractivity contribution in [3.05, 3.63) is 0 Å². The molecule has 0 aromatic carbocycles. The van der Waals surface area contributed by atoms with E-state index in [2.05, 4.69) is 0 Å². The van der Waals surface area contributed by atoms with Crippen LogP contribution in [0.4, 0.5) is 0 Å². The van der Waals surface area contributed by atoms with E-state index in [0.29, 0.717) is 19.3 Å². The summed E-state index contributed by atoms with van der Waals surface area (Å²) in [5.74, 6) is 0. The molecule has 5 heteroatoms. The van der Waals surface area contributed by atoms with E-state index in [0.717, 1.165) is 6.26 Å². The first-order valence-corrected chi connectivity index (χ1v) is 6.93. The fourth-order valence-corrected chi connectivity index (χ4v) is 4.05. The van der Waals surface area contributed by atoms with E-state index in [1.54, 1.807) is 13.8 Å². The molecule has 0 aliphatic heterocycles. The molecule has 1 aliphatic rings. The van der Waals surface area contributed by atoms with Crippen LogP contribution in [0, 0.1) is 16.7 Å². The zero-order chi connectivity index (χ0) is 11.9. The van der Waals surface area contributed by atoms with Crippen molar-refractivity contribution in [2.24, 2.45) is 5.41 Å². The molecular weight excluding hydrogens is 214 g/mol. The van der Waals surface area contributed by atoms with Crippen molar-refractivity contribution in [1.29, 1.82) is 5.26 Å². The van der Waals surface area contributed by atoms with Gasteiger partial charge in [0, 0.05) is 6.26 Å². The third kappa shape index (κ3) is 1.88. The number of hydrogen-bond acceptors (Lipinski definition) is 4. The van der Waals surface area contributed by atoms with Crippen LogP contribution in [0.1, 0.15) is 33.1 Å². The Labute approximate surface area is 90.8 Å². The van der Waals surface area contributed by atoms with Crippen molar-refractivity contribution in [2.75, 3.05) is 6.26 Å². The van der Waals surface area contributed by atoms with Crippen LogP contribution >= 0.6 is 0 Å². The van der Waals surface area contributed by atoms with Crippen LogP contribution in [0.2, 0.25) is 0 Å². The Morgan fingerprint density at radius 3 is 2.47 bits per heavy atom. The molecule has 0 spiro atoms. The Balaban J connectivity index is 3.20. The van der Waals surface area contributed by atoms with E-state index in [1.807, 2.05) is 6.07 Å². The summed E-state index contributed by atoms with van der Waals surface area (Å²) in [6, 6.07) is 2.01. The lowest BCUT2D eigenvalue weighted by atomic mass is 9.74. The van der Waals surface area contributed by atoms with Crippen LogP contribution in [0.3, 0.4) is 0 Å². The molecule has 0 amide bonds. The van der Waals surface area contributed by atoms with Gasteiger partial charge in [-0.2, -0.15) is 5.26 Å². The third-order valence-electron chi connectivity index (χ3n) is 3.44. The lowest BCUT2D eigenvalue weighted by molar-refractivity contribution is -0.0288. The molecule has 15 heavy (non-hydrogen) atoms. The second kappa shape index (κ2) is 3.46. The van der Waals surface area contributed by atoms with Gasteiger partial charge < -0.3 is 5.11 Å². The van der Waals surface area contributed by atoms with Crippen LogP contribution in [-0.2, 0) is 9.84 Å². The maximum absolute atomic E-state index is 11.5. The maximum atomic E-state index is 11.5. The molecule has 2 unspecified atom stereocenters. The maximum Gasteiger partial charge on any atom is 0.153 e. The standard InChI is InChI=1S/C10H17NO3S/c1-9(2,7-11)10(12)6-4-5-8(10)15(3,13)14/h8,12H,4-6H2,1-3H3. The predicted molar refractivity (Wildman–Crippen MR) is 56.8 cm³/mol. The Morgan fingerprint density at radius 2 is 2.07 bits per heavy atom. The molecule has 4 nitrogen and oxygen atoms in total. The molecule has 1 fully saturated rings. The fraction of sp³-hybridized carbons (Fsp3) is 0.900. The molecule has 2 atom stereocenters. The van der Waals surface area contributed by atoms with Crippen molar-refractivity contribution in [3.63, 3.8) is 0 Å². The van der Waals surface area contributed by atoms with E-state index in [4.69, 9.17) is 5.26 Å². The molecule has 1 rings (SSSR count). The van der Waals surface area contributed by atoms with E-state index < -0.39 is 26.1 Å². The summed E-state index contributed by atoms with van der Waals surface area (Å²) >= 11 is 0. The van der Waals surface area contributed by atoms with Crippen LogP contribution in [0.15, 0.2) is 0 Å². The number of hydrogen-bond donors (Lipinski definition) is 1. The van der Waals surface area contributed by atoms with Gasteiger partial charge in [-0.25, -0.2) is 8.42 Å². The molecule has 0 aromatic rings. The zero-order valence-electron chi connectivity index (χ0n) is 9.32. The average molecular weight is 231 g/mol. The summed E-state index contributed by atoms with van der Waals surface area (Å²) in [5, 5.41) is 18.6. The van der Waals surface area contributed by atoms with Crippen molar-refractivity contribution < 1.29 is 13.5 Å². The van der Waals surface area contributed by atoms with Gasteiger partial charge in [0.2, 0.25) is 0 Å². The van der Waals surface area contributed by atoms with Gasteiger partial charge in [-0.15, -0.1) is 0 Å². The van der Waals surface area contributed by atoms with Crippen LogP contribution in [-0.4, -0.2) is 30.6 Å². The normalized spacial score (nSPS) is 32.6. The van der Waals surface area contributed by atoms with Crippen molar-refractivity contribution >= 4 is 9.84 Å². The monoisotopic (exact) mass is 231 g/mol. The summed E-state index contributed by atoms with van der Waals surface area (Å²) in [5.41, 5.74) is -2.44. The summed E-state index contributed by atoms with van der Waals surface area (Å²) in [6.07, 6.45) is 2.60. The van der Waals surface area contributed by atoms with Crippen molar-refractivity contribution in [2.45, 2.75) is 44.0 Å². The number of rotatable bonds is 2. The molecule has 0 bridgehead atoms. The van der Waals surface area contributed by atoms with Gasteiger partial charge in [-0.1, -0.05) is 0 Å². The summed E-state index contributed by atoms with van der Waals surface area (Å²) < 4.78 is 23.1. The average Bonchev–Trinajstić information content (AvgIpc) is 2.48. The van der Waals surface area contributed by atoms with E-state index in [-0.39, 0.29) is 0 Å². The Morgan fingerprint density at radius 1 is 1.53 bits per heavy atom. The molecule has 0 radical (unpaired) electrons. The largest absolute Gasteiger partial charge is 0.387 e. The Hall–Kier alpha value is -0.600. The highest BCUT2D eigenvalue weighted by Gasteiger charge is 2.56. The number of nitrogens with zero attached hydrogens (tertiary/aromatic N) is 1. The summed E-state index contributed by atoms with van der Waals surface area (Å²) in [4.78, 5) is 0. The lowest BCUT2D eigenvalue weighted by Crippen LogP contribution is -2.52. The summed E-state index contributed by atoms with van der Waals surface area (Å²) in [7, 11) is -3.30. The Bertz CT molecular complexity index is 393. The SMILES string of the molecule is CC(C)(C#N)C1(O)CCCC1S(C)(=O)=O. The molecule has 0 heterocycles. The van der Waals surface area contributed by atoms with Gasteiger partial charge in [0.15, 0.2) is 9.84 Å². The fourth-order valence-electron chi connectivity index (χ4n) is 2.34. The number of nitriles is 1. The second-order valence-corrected chi connectivity index (χ2v) is 7.10. The molecule has 0 aromatic heterocycles. The quantitative estimate of drug-likeness (QED) is 0.764. The smallest absolute Gasteiger partial charge is 0.153 e. The minimum absolute atomic E-state index is 0.380. The molecule has 1 aliphatic carbocycles. The van der Waals surface area contributed by atoms with E-state index >= 15 is 0 Å². The molecule has 86 valence electrons. The molecule has 1 saturated carbocycles. The topological polar surface area (TPSA) is 78.2 Å². The highest BCUT2D eigenvalue weighted by molar-refractivity contribution is 7.91. The highest BCUT2D eigenvalue weighted by Crippen LogP contribution is 2.46. The van der Waals surface area contributed by atoms with Gasteiger partial charge in [0.25, 0.3) is 0 Å². The van der Waals surface area contributed by atoms with Gasteiger partial charge in [-0.3, -0.25) is 0 Å². The van der Waals surface area contributed by atoms with Crippen LogP contribution in [0.5, 0.6) is 0 Å². The predicted octanol–water partition coefficient (Wildman–Crippen LogP) is 0.864. The number of aliphatic hydroxyl groups is 1. The van der Waals surface area contributed by atoms with Gasteiger partial charge in [0.1, 0.15) is 0 Å². The number of sulfone groups is 1. The van der Waals surface area contributed by atoms with Crippen LogP contribution < -0.4 is 0 Å². The first kappa shape index (κ1) is 12.5. The highest BCUT2D eigenvalue weighted by atomic mass is 32.2. The minimum Gasteiger partial charge on any atom is -0.387 e. The summed E-state index contributed by atoms with van der Waals surface area (Å²) in [6.45, 7) is 3.19. The lowest BCUT2D eigenvalue weighted by Gasteiger charge is -2.38. The van der Waals surface area contributed by atoms with E-state index in [9.17, 15) is 13.5 Å². The molecule has 0 saturated heterocycles. The van der Waals surface area contributed by atoms with E-state index in [1.165, 1.54) is 0 Å². The molecule has 1 N–H and O–H groups in total. The van der Waals surface area contributed by atoms with Crippen molar-refractivity contribution in [1.82, 2.24) is 0 Å². The first-order chi connectivity index (χ1) is 6.65. The molecular formula is C10H17NO3S.